The van der Waals surface area contributed by atoms with Crippen molar-refractivity contribution in [2.45, 2.75) is 0 Å². The van der Waals surface area contributed by atoms with Crippen LogP contribution >= 0.6 is 11.3 Å². The van der Waals surface area contributed by atoms with E-state index in [1.165, 1.54) is 11.4 Å². The van der Waals surface area contributed by atoms with Gasteiger partial charge in [0.15, 0.2) is 0 Å². The van der Waals surface area contributed by atoms with Crippen molar-refractivity contribution in [3.8, 4) is 10.8 Å². The van der Waals surface area contributed by atoms with Crippen LogP contribution in [0.25, 0.3) is 0 Å². The predicted octanol–water partition coefficient (Wildman–Crippen LogP) is -2.47. The standard InChI is InChI=1S/C4H4O2S.Na/c5-3-1-4(6)7-2-3;/h1-2,5-6H;/q;+1/p-1. The second-order valence-electron chi connectivity index (χ2n) is 1.12. The predicted molar refractivity (Wildman–Crippen MR) is 25.4 cm³/mol. The maximum absolute atomic E-state index is 10.1. The van der Waals surface area contributed by atoms with E-state index in [4.69, 9.17) is 5.11 Å². The molecule has 8 heavy (non-hydrogen) atoms. The smallest absolute Gasteiger partial charge is 0.865 e. The van der Waals surface area contributed by atoms with Crippen molar-refractivity contribution in [3.05, 3.63) is 11.4 Å². The van der Waals surface area contributed by atoms with Gasteiger partial charge in [-0.25, -0.2) is 0 Å². The number of aromatic hydroxyl groups is 1. The Kier molecular flexibility index (Phi) is 3.48. The van der Waals surface area contributed by atoms with Crippen LogP contribution in [0.15, 0.2) is 11.4 Å². The monoisotopic (exact) mass is 138 g/mol. The molecule has 0 radical (unpaired) electrons. The molecule has 0 fully saturated rings. The maximum Gasteiger partial charge on any atom is 1.00 e. The molecule has 0 amide bonds. The first kappa shape index (κ1) is 8.30. The van der Waals surface area contributed by atoms with Crippen molar-refractivity contribution in [3.63, 3.8) is 0 Å². The summed E-state index contributed by atoms with van der Waals surface area (Å²) < 4.78 is 0. The van der Waals surface area contributed by atoms with E-state index in [9.17, 15) is 5.11 Å². The van der Waals surface area contributed by atoms with Gasteiger partial charge in [-0.3, -0.25) is 0 Å². The quantitative estimate of drug-likeness (QED) is 0.404. The van der Waals surface area contributed by atoms with Crippen LogP contribution in [-0.2, 0) is 0 Å². The second kappa shape index (κ2) is 3.35. The zero-order valence-corrected chi connectivity index (χ0v) is 7.23. The zero-order chi connectivity index (χ0) is 5.28. The molecule has 0 aliphatic heterocycles. The summed E-state index contributed by atoms with van der Waals surface area (Å²) >= 11 is 0.999. The first-order valence-electron chi connectivity index (χ1n) is 1.73. The molecule has 1 rings (SSSR count). The summed E-state index contributed by atoms with van der Waals surface area (Å²) in [6.45, 7) is 0. The Morgan fingerprint density at radius 2 is 2.25 bits per heavy atom. The number of hydrogen-bond donors (Lipinski definition) is 1. The minimum Gasteiger partial charge on any atom is -0.865 e. The number of hydrogen-bond acceptors (Lipinski definition) is 3. The summed E-state index contributed by atoms with van der Waals surface area (Å²) in [6, 6.07) is 1.19. The fraction of sp³-hybridized carbons (Fsp3) is 0. The van der Waals surface area contributed by atoms with E-state index in [0.29, 0.717) is 0 Å². The van der Waals surface area contributed by atoms with Crippen LogP contribution in [0.3, 0.4) is 0 Å². The molecule has 0 spiro atoms. The molecule has 0 aromatic carbocycles. The van der Waals surface area contributed by atoms with E-state index in [-0.39, 0.29) is 40.4 Å². The molecular formula is C4H3NaO2S. The third-order valence-corrected chi connectivity index (χ3v) is 1.27. The summed E-state index contributed by atoms with van der Waals surface area (Å²) in [5.74, 6) is 0.0648. The average Bonchev–Trinajstić information content (AvgIpc) is 1.87. The topological polar surface area (TPSA) is 43.3 Å². The molecule has 0 saturated heterocycles. The molecule has 0 unspecified atom stereocenters. The molecule has 0 aliphatic rings. The van der Waals surface area contributed by atoms with Gasteiger partial charge in [-0.2, -0.15) is 11.3 Å². The van der Waals surface area contributed by atoms with Crippen molar-refractivity contribution >= 4 is 11.3 Å². The van der Waals surface area contributed by atoms with Crippen molar-refractivity contribution in [1.82, 2.24) is 0 Å². The van der Waals surface area contributed by atoms with Gasteiger partial charge in [-0.15, -0.1) is 0 Å². The minimum atomic E-state index is -0.0995. The van der Waals surface area contributed by atoms with E-state index < -0.39 is 0 Å². The third-order valence-electron chi connectivity index (χ3n) is 0.562. The van der Waals surface area contributed by atoms with Crippen molar-refractivity contribution in [2.24, 2.45) is 0 Å². The van der Waals surface area contributed by atoms with Gasteiger partial charge >= 0.3 is 29.6 Å². The van der Waals surface area contributed by atoms with Crippen LogP contribution in [0, 0.1) is 0 Å². The van der Waals surface area contributed by atoms with Crippen LogP contribution < -0.4 is 34.7 Å². The first-order chi connectivity index (χ1) is 3.29. The Morgan fingerprint density at radius 3 is 2.38 bits per heavy atom. The second-order valence-corrected chi connectivity index (χ2v) is 2.00. The minimum absolute atomic E-state index is 0. The largest absolute Gasteiger partial charge is 1.00 e. The summed E-state index contributed by atoms with van der Waals surface area (Å²) in [5, 5.41) is 19.9. The molecule has 2 nitrogen and oxygen atoms in total. The Labute approximate surface area is 73.1 Å². The SMILES string of the molecule is [Na+].[O-]c1cc(O)cs1. The molecule has 1 N–H and O–H groups in total. The van der Waals surface area contributed by atoms with Crippen LogP contribution in [-0.4, -0.2) is 5.11 Å². The van der Waals surface area contributed by atoms with E-state index in [1.54, 1.807) is 0 Å². The van der Waals surface area contributed by atoms with Gasteiger partial charge in [-0.1, -0.05) is 0 Å². The van der Waals surface area contributed by atoms with Crippen LogP contribution in [0.5, 0.6) is 10.8 Å². The van der Waals surface area contributed by atoms with Gasteiger partial charge < -0.3 is 10.2 Å². The Balaban J connectivity index is 0.000000490. The normalized spacial score (nSPS) is 8.00. The van der Waals surface area contributed by atoms with Gasteiger partial charge in [0.25, 0.3) is 0 Å². The van der Waals surface area contributed by atoms with Gasteiger partial charge in [0.05, 0.1) is 0 Å². The molecule has 4 heteroatoms. The Bertz CT molecular complexity index is 146. The molecule has 0 aliphatic carbocycles. The molecule has 1 aromatic heterocycles. The molecule has 1 heterocycles. The van der Waals surface area contributed by atoms with Crippen molar-refractivity contribution in [1.29, 1.82) is 0 Å². The van der Waals surface area contributed by atoms with Gasteiger partial charge in [-0.05, 0) is 11.1 Å². The van der Waals surface area contributed by atoms with Crippen LogP contribution in [0.1, 0.15) is 0 Å². The van der Waals surface area contributed by atoms with Crippen LogP contribution in [0.2, 0.25) is 0 Å². The molecule has 0 atom stereocenters. The Hall–Kier alpha value is 0.300. The molecular weight excluding hydrogens is 135 g/mol. The van der Waals surface area contributed by atoms with Gasteiger partial charge in [0.2, 0.25) is 0 Å². The fourth-order valence-electron chi connectivity index (χ4n) is 0.307. The van der Waals surface area contributed by atoms with Crippen molar-refractivity contribution in [2.75, 3.05) is 0 Å². The Morgan fingerprint density at radius 1 is 1.62 bits per heavy atom. The zero-order valence-electron chi connectivity index (χ0n) is 4.42. The summed E-state index contributed by atoms with van der Waals surface area (Å²) in [6.07, 6.45) is 0. The molecule has 1 aromatic rings. The summed E-state index contributed by atoms with van der Waals surface area (Å²) in [4.78, 5) is 0. The van der Waals surface area contributed by atoms with E-state index >= 15 is 0 Å². The third kappa shape index (κ3) is 2.05. The van der Waals surface area contributed by atoms with E-state index in [2.05, 4.69) is 0 Å². The molecule has 0 bridgehead atoms. The van der Waals surface area contributed by atoms with E-state index in [0.717, 1.165) is 11.3 Å². The molecule has 38 valence electrons. The fourth-order valence-corrected chi connectivity index (χ4v) is 0.801. The average molecular weight is 138 g/mol. The summed E-state index contributed by atoms with van der Waals surface area (Å²) in [7, 11) is 0. The van der Waals surface area contributed by atoms with Crippen molar-refractivity contribution < 1.29 is 39.8 Å². The van der Waals surface area contributed by atoms with E-state index in [1.807, 2.05) is 0 Å². The van der Waals surface area contributed by atoms with Gasteiger partial charge in [0.1, 0.15) is 5.75 Å². The maximum atomic E-state index is 10.1. The first-order valence-corrected chi connectivity index (χ1v) is 2.61. The van der Waals surface area contributed by atoms with Crippen LogP contribution in [0.4, 0.5) is 0 Å². The molecule has 0 saturated carbocycles. The number of rotatable bonds is 0. The van der Waals surface area contributed by atoms with Gasteiger partial charge in [0, 0.05) is 5.38 Å². The summed E-state index contributed by atoms with van der Waals surface area (Å²) in [5.41, 5.74) is 0. The number of thiophene rings is 1.